The molecule has 12 heavy (non-hydrogen) atoms. The van der Waals surface area contributed by atoms with Crippen molar-refractivity contribution in [2.24, 2.45) is 5.73 Å². The fraction of sp³-hybridized carbons (Fsp3) is 0.500. The number of hydrogen-bond acceptors (Lipinski definition) is 3. The molecule has 0 aliphatic carbocycles. The van der Waals surface area contributed by atoms with Gasteiger partial charge < -0.3 is 5.73 Å². The first kappa shape index (κ1) is 8.93. The standard InChI is InChI=1S/C8H14N4/c1-3-5-12-8(4-2)7(6-9)10-11-12/h3H,1,4-6,9H2,2H3. The normalized spacial score (nSPS) is 10.2. The van der Waals surface area contributed by atoms with Crippen molar-refractivity contribution in [1.82, 2.24) is 15.0 Å². The number of rotatable bonds is 4. The molecule has 0 amide bonds. The van der Waals surface area contributed by atoms with Crippen LogP contribution in [0.4, 0.5) is 0 Å². The van der Waals surface area contributed by atoms with E-state index in [4.69, 9.17) is 5.73 Å². The summed E-state index contributed by atoms with van der Waals surface area (Å²) in [5, 5.41) is 7.93. The smallest absolute Gasteiger partial charge is 0.0994 e. The molecule has 0 aromatic carbocycles. The van der Waals surface area contributed by atoms with Crippen molar-refractivity contribution in [3.63, 3.8) is 0 Å². The zero-order valence-corrected chi connectivity index (χ0v) is 7.32. The monoisotopic (exact) mass is 166 g/mol. The molecular weight excluding hydrogens is 152 g/mol. The second kappa shape index (κ2) is 4.01. The molecule has 0 aliphatic rings. The molecule has 1 heterocycles. The topological polar surface area (TPSA) is 56.7 Å². The Labute approximate surface area is 72.1 Å². The Balaban J connectivity index is 2.95. The Hall–Kier alpha value is -1.16. The highest BCUT2D eigenvalue weighted by atomic mass is 15.4. The molecule has 0 atom stereocenters. The van der Waals surface area contributed by atoms with Gasteiger partial charge in [-0.05, 0) is 6.42 Å². The van der Waals surface area contributed by atoms with Gasteiger partial charge in [0, 0.05) is 6.54 Å². The van der Waals surface area contributed by atoms with Gasteiger partial charge in [-0.15, -0.1) is 11.7 Å². The first-order valence-corrected chi connectivity index (χ1v) is 4.05. The fourth-order valence-electron chi connectivity index (χ4n) is 1.18. The minimum absolute atomic E-state index is 0.459. The van der Waals surface area contributed by atoms with E-state index in [2.05, 4.69) is 23.8 Å². The Morgan fingerprint density at radius 2 is 2.42 bits per heavy atom. The van der Waals surface area contributed by atoms with Crippen molar-refractivity contribution >= 4 is 0 Å². The van der Waals surface area contributed by atoms with E-state index < -0.39 is 0 Å². The lowest BCUT2D eigenvalue weighted by Gasteiger charge is -2.00. The lowest BCUT2D eigenvalue weighted by Crippen LogP contribution is -2.05. The van der Waals surface area contributed by atoms with Gasteiger partial charge in [0.1, 0.15) is 0 Å². The summed E-state index contributed by atoms with van der Waals surface area (Å²) in [6, 6.07) is 0. The van der Waals surface area contributed by atoms with E-state index >= 15 is 0 Å². The summed E-state index contributed by atoms with van der Waals surface area (Å²) in [5.41, 5.74) is 7.49. The highest BCUT2D eigenvalue weighted by Gasteiger charge is 2.07. The summed E-state index contributed by atoms with van der Waals surface area (Å²) >= 11 is 0. The average Bonchev–Trinajstić information content (AvgIpc) is 2.47. The number of hydrogen-bond donors (Lipinski definition) is 1. The van der Waals surface area contributed by atoms with E-state index in [0.717, 1.165) is 17.8 Å². The maximum atomic E-state index is 5.49. The van der Waals surface area contributed by atoms with Gasteiger partial charge in [0.15, 0.2) is 0 Å². The highest BCUT2D eigenvalue weighted by molar-refractivity contribution is 5.09. The summed E-state index contributed by atoms with van der Waals surface area (Å²) in [6.45, 7) is 6.88. The molecule has 0 spiro atoms. The van der Waals surface area contributed by atoms with Crippen LogP contribution in [0, 0.1) is 0 Å². The van der Waals surface area contributed by atoms with Gasteiger partial charge in [-0.1, -0.05) is 18.2 Å². The van der Waals surface area contributed by atoms with Crippen molar-refractivity contribution < 1.29 is 0 Å². The molecule has 0 unspecified atom stereocenters. The largest absolute Gasteiger partial charge is 0.325 e. The van der Waals surface area contributed by atoms with E-state index in [-0.39, 0.29) is 0 Å². The molecule has 2 N–H and O–H groups in total. The van der Waals surface area contributed by atoms with Crippen molar-refractivity contribution in [3.8, 4) is 0 Å². The zero-order chi connectivity index (χ0) is 8.97. The molecule has 4 heteroatoms. The van der Waals surface area contributed by atoms with Crippen molar-refractivity contribution in [1.29, 1.82) is 0 Å². The minimum Gasteiger partial charge on any atom is -0.325 e. The molecule has 4 nitrogen and oxygen atoms in total. The van der Waals surface area contributed by atoms with E-state index in [1.165, 1.54) is 0 Å². The van der Waals surface area contributed by atoms with Gasteiger partial charge in [0.05, 0.1) is 17.9 Å². The van der Waals surface area contributed by atoms with Crippen LogP contribution in [-0.2, 0) is 19.5 Å². The third kappa shape index (κ3) is 1.53. The average molecular weight is 166 g/mol. The Kier molecular flexibility index (Phi) is 2.99. The number of nitrogens with two attached hydrogens (primary N) is 1. The van der Waals surface area contributed by atoms with Gasteiger partial charge >= 0.3 is 0 Å². The van der Waals surface area contributed by atoms with Crippen LogP contribution in [0.15, 0.2) is 12.7 Å². The van der Waals surface area contributed by atoms with Crippen LogP contribution in [0.2, 0.25) is 0 Å². The molecule has 0 bridgehead atoms. The zero-order valence-electron chi connectivity index (χ0n) is 7.32. The first-order chi connectivity index (χ1) is 5.83. The van der Waals surface area contributed by atoms with Crippen molar-refractivity contribution in [2.45, 2.75) is 26.4 Å². The van der Waals surface area contributed by atoms with Crippen LogP contribution in [0.25, 0.3) is 0 Å². The first-order valence-electron chi connectivity index (χ1n) is 4.05. The number of aromatic nitrogens is 3. The Bertz CT molecular complexity index is 264. The number of nitrogens with zero attached hydrogens (tertiary/aromatic N) is 3. The Morgan fingerprint density at radius 3 is 2.92 bits per heavy atom. The molecule has 0 aliphatic heterocycles. The molecule has 0 saturated heterocycles. The Morgan fingerprint density at radius 1 is 1.67 bits per heavy atom. The third-order valence-corrected chi connectivity index (χ3v) is 1.75. The number of allylic oxidation sites excluding steroid dienone is 1. The van der Waals surface area contributed by atoms with Gasteiger partial charge in [-0.25, -0.2) is 4.68 Å². The maximum absolute atomic E-state index is 5.49. The van der Waals surface area contributed by atoms with Gasteiger partial charge in [-0.2, -0.15) is 0 Å². The van der Waals surface area contributed by atoms with E-state index in [1.54, 1.807) is 6.08 Å². The molecule has 1 rings (SSSR count). The maximum Gasteiger partial charge on any atom is 0.0994 e. The SMILES string of the molecule is C=CCn1nnc(CN)c1CC. The molecular formula is C8H14N4. The molecule has 0 fully saturated rings. The third-order valence-electron chi connectivity index (χ3n) is 1.75. The second-order valence-corrected chi connectivity index (χ2v) is 2.51. The summed E-state index contributed by atoms with van der Waals surface area (Å²) in [4.78, 5) is 0. The van der Waals surface area contributed by atoms with Crippen LogP contribution < -0.4 is 5.73 Å². The summed E-state index contributed by atoms with van der Waals surface area (Å²) in [7, 11) is 0. The van der Waals surface area contributed by atoms with Crippen LogP contribution in [-0.4, -0.2) is 15.0 Å². The van der Waals surface area contributed by atoms with Crippen LogP contribution in [0.5, 0.6) is 0 Å². The van der Waals surface area contributed by atoms with Gasteiger partial charge in [0.2, 0.25) is 0 Å². The quantitative estimate of drug-likeness (QED) is 0.662. The molecule has 0 radical (unpaired) electrons. The van der Waals surface area contributed by atoms with Crippen LogP contribution >= 0.6 is 0 Å². The lowest BCUT2D eigenvalue weighted by molar-refractivity contribution is 0.633. The highest BCUT2D eigenvalue weighted by Crippen LogP contribution is 2.05. The second-order valence-electron chi connectivity index (χ2n) is 2.51. The molecule has 0 saturated carbocycles. The summed E-state index contributed by atoms with van der Waals surface area (Å²) < 4.78 is 1.83. The molecule has 66 valence electrons. The van der Waals surface area contributed by atoms with Crippen LogP contribution in [0.1, 0.15) is 18.3 Å². The van der Waals surface area contributed by atoms with Crippen molar-refractivity contribution in [2.75, 3.05) is 0 Å². The van der Waals surface area contributed by atoms with Crippen molar-refractivity contribution in [3.05, 3.63) is 24.0 Å². The summed E-state index contributed by atoms with van der Waals surface area (Å²) in [5.74, 6) is 0. The lowest BCUT2D eigenvalue weighted by atomic mass is 10.2. The predicted octanol–water partition coefficient (Wildman–Crippen LogP) is 0.485. The predicted molar refractivity (Wildman–Crippen MR) is 47.5 cm³/mol. The molecule has 1 aromatic rings. The minimum atomic E-state index is 0.459. The van der Waals surface area contributed by atoms with E-state index in [0.29, 0.717) is 13.1 Å². The van der Waals surface area contributed by atoms with E-state index in [1.807, 2.05) is 4.68 Å². The van der Waals surface area contributed by atoms with E-state index in [9.17, 15) is 0 Å². The molecule has 1 aromatic heterocycles. The van der Waals surface area contributed by atoms with Gasteiger partial charge in [0.25, 0.3) is 0 Å². The summed E-state index contributed by atoms with van der Waals surface area (Å²) in [6.07, 6.45) is 2.71. The fourth-order valence-corrected chi connectivity index (χ4v) is 1.18. The van der Waals surface area contributed by atoms with Crippen LogP contribution in [0.3, 0.4) is 0 Å². The van der Waals surface area contributed by atoms with Gasteiger partial charge in [-0.3, -0.25) is 0 Å².